The van der Waals surface area contributed by atoms with Gasteiger partial charge in [0.25, 0.3) is 0 Å². The molecule has 2 N–H and O–H groups in total. The summed E-state index contributed by atoms with van der Waals surface area (Å²) in [5, 5.41) is 5.72. The van der Waals surface area contributed by atoms with Crippen LogP contribution in [0.15, 0.2) is 36.7 Å². The van der Waals surface area contributed by atoms with Crippen LogP contribution in [0.5, 0.6) is 0 Å². The summed E-state index contributed by atoms with van der Waals surface area (Å²) in [5.74, 6) is -1.18. The summed E-state index contributed by atoms with van der Waals surface area (Å²) in [5.41, 5.74) is 1.81. The Kier molecular flexibility index (Phi) is 4.63. The van der Waals surface area contributed by atoms with E-state index in [-0.39, 0.29) is 29.2 Å². The highest BCUT2D eigenvalue weighted by Gasteiger charge is 2.31. The number of para-hydroxylation sites is 1. The highest BCUT2D eigenvalue weighted by atomic mass is 32.1. The fourth-order valence-electron chi connectivity index (χ4n) is 3.14. The van der Waals surface area contributed by atoms with Crippen LogP contribution < -0.4 is 10.6 Å². The van der Waals surface area contributed by atoms with Crippen molar-refractivity contribution in [3.8, 4) is 10.7 Å². The number of fused-ring (bicyclic) bond motifs is 1. The maximum absolute atomic E-state index is 13.1. The van der Waals surface area contributed by atoms with Gasteiger partial charge in [0.05, 0.1) is 16.5 Å². The molecule has 2 amide bonds. The Hall–Kier alpha value is -3.14. The number of nitrogens with zero attached hydrogens (tertiary/aromatic N) is 3. The summed E-state index contributed by atoms with van der Waals surface area (Å²) in [6, 6.07) is 7.10. The predicted molar refractivity (Wildman–Crippen MR) is 100 cm³/mol. The van der Waals surface area contributed by atoms with Crippen LogP contribution in [0.3, 0.4) is 0 Å². The average molecular weight is 403 g/mol. The van der Waals surface area contributed by atoms with Gasteiger partial charge in [-0.2, -0.15) is 8.78 Å². The number of anilines is 2. The number of aromatic nitrogens is 3. The third kappa shape index (κ3) is 3.26. The first kappa shape index (κ1) is 18.2. The zero-order chi connectivity index (χ0) is 19.8. The van der Waals surface area contributed by atoms with E-state index in [1.54, 1.807) is 31.2 Å². The van der Waals surface area contributed by atoms with Gasteiger partial charge in [-0.3, -0.25) is 14.2 Å². The largest absolute Gasteiger partial charge is 0.326 e. The molecule has 144 valence electrons. The number of hydrogen-bond acceptors (Lipinski definition) is 5. The molecule has 0 fully saturated rings. The normalized spacial score (nSPS) is 16.0. The molecule has 0 saturated carbocycles. The fourth-order valence-corrected chi connectivity index (χ4v) is 4.11. The van der Waals surface area contributed by atoms with Crippen molar-refractivity contribution in [2.45, 2.75) is 25.8 Å². The number of thiazole rings is 1. The minimum absolute atomic E-state index is 0.0237. The number of halogens is 2. The smallest absolute Gasteiger partial charge is 0.320 e. The van der Waals surface area contributed by atoms with E-state index >= 15 is 0 Å². The van der Waals surface area contributed by atoms with Crippen molar-refractivity contribution in [2.24, 2.45) is 0 Å². The second-order valence-corrected chi connectivity index (χ2v) is 7.25. The summed E-state index contributed by atoms with van der Waals surface area (Å²) in [6.07, 6.45) is 2.50. The van der Waals surface area contributed by atoms with Gasteiger partial charge in [0, 0.05) is 24.5 Å². The molecule has 0 aliphatic carbocycles. The zero-order valence-electron chi connectivity index (χ0n) is 14.6. The molecule has 1 aliphatic heterocycles. The topological polar surface area (TPSA) is 88.9 Å². The average Bonchev–Trinajstić information content (AvgIpc) is 3.27. The number of carbonyl (C=O) groups excluding carboxylic acids is 2. The van der Waals surface area contributed by atoms with E-state index in [0.717, 1.165) is 21.5 Å². The monoisotopic (exact) mass is 403 g/mol. The standard InChI is InChI=1S/C18H15F2N5O2S/c1-9-14(15-21-6-7-25(15)17(19)20)28-18(22-9)24-16(27)11-8-13(26)23-12-5-3-2-4-10(11)12/h2-7,11,17H,8H2,1H3,(H,23,26)(H,22,24,27). The van der Waals surface area contributed by atoms with Gasteiger partial charge in [0.1, 0.15) is 0 Å². The van der Waals surface area contributed by atoms with Gasteiger partial charge in [-0.15, -0.1) is 0 Å². The van der Waals surface area contributed by atoms with Crippen molar-refractivity contribution in [1.29, 1.82) is 0 Å². The molecule has 7 nitrogen and oxygen atoms in total. The van der Waals surface area contributed by atoms with Crippen molar-refractivity contribution in [3.05, 3.63) is 47.9 Å². The Bertz CT molecular complexity index is 1060. The van der Waals surface area contributed by atoms with Crippen LogP contribution in [0.4, 0.5) is 19.6 Å². The molecule has 2 aromatic heterocycles. The van der Waals surface area contributed by atoms with E-state index in [1.165, 1.54) is 12.4 Å². The van der Waals surface area contributed by atoms with Crippen LogP contribution >= 0.6 is 11.3 Å². The lowest BCUT2D eigenvalue weighted by Crippen LogP contribution is -2.30. The molecule has 1 atom stereocenters. The highest BCUT2D eigenvalue weighted by molar-refractivity contribution is 7.19. The molecular formula is C18H15F2N5O2S. The van der Waals surface area contributed by atoms with Gasteiger partial charge in [-0.1, -0.05) is 29.5 Å². The van der Waals surface area contributed by atoms with Crippen LogP contribution in [0.1, 0.15) is 30.1 Å². The second kappa shape index (κ2) is 7.12. The van der Waals surface area contributed by atoms with Gasteiger partial charge < -0.3 is 10.6 Å². The summed E-state index contributed by atoms with van der Waals surface area (Å²) in [7, 11) is 0. The van der Waals surface area contributed by atoms with E-state index in [9.17, 15) is 18.4 Å². The first-order valence-corrected chi connectivity index (χ1v) is 9.24. The van der Waals surface area contributed by atoms with Crippen molar-refractivity contribution in [3.63, 3.8) is 0 Å². The van der Waals surface area contributed by atoms with Gasteiger partial charge in [0.2, 0.25) is 11.8 Å². The van der Waals surface area contributed by atoms with Gasteiger partial charge in [0.15, 0.2) is 11.0 Å². The quantitative estimate of drug-likeness (QED) is 0.694. The molecule has 4 rings (SSSR count). The molecule has 28 heavy (non-hydrogen) atoms. The lowest BCUT2D eigenvalue weighted by Gasteiger charge is -2.24. The van der Waals surface area contributed by atoms with Crippen LogP contribution in [-0.4, -0.2) is 26.3 Å². The lowest BCUT2D eigenvalue weighted by molar-refractivity contribution is -0.123. The molecule has 3 aromatic rings. The number of benzene rings is 1. The Morgan fingerprint density at radius 3 is 2.96 bits per heavy atom. The van der Waals surface area contributed by atoms with E-state index in [4.69, 9.17) is 0 Å². The molecule has 10 heteroatoms. The van der Waals surface area contributed by atoms with Crippen molar-refractivity contribution in [1.82, 2.24) is 14.5 Å². The Balaban J connectivity index is 1.60. The fraction of sp³-hybridized carbons (Fsp3) is 0.222. The molecular weight excluding hydrogens is 388 g/mol. The number of alkyl halides is 2. The number of amides is 2. The van der Waals surface area contributed by atoms with Gasteiger partial charge in [-0.25, -0.2) is 9.97 Å². The number of hydrogen-bond donors (Lipinski definition) is 2. The van der Waals surface area contributed by atoms with Crippen LogP contribution in [0.2, 0.25) is 0 Å². The number of imidazole rings is 1. The number of nitrogens with one attached hydrogen (secondary N) is 2. The van der Waals surface area contributed by atoms with Gasteiger partial charge in [-0.05, 0) is 18.6 Å². The van der Waals surface area contributed by atoms with E-state index in [2.05, 4.69) is 20.6 Å². The first-order chi connectivity index (χ1) is 13.4. The van der Waals surface area contributed by atoms with Crippen LogP contribution in [0.25, 0.3) is 10.7 Å². The van der Waals surface area contributed by atoms with Crippen LogP contribution in [-0.2, 0) is 9.59 Å². The third-order valence-corrected chi connectivity index (χ3v) is 5.49. The summed E-state index contributed by atoms with van der Waals surface area (Å²) < 4.78 is 27.0. The summed E-state index contributed by atoms with van der Waals surface area (Å²) in [4.78, 5) is 33.4. The Labute approximate surface area is 162 Å². The van der Waals surface area contributed by atoms with E-state index in [1.807, 2.05) is 0 Å². The SMILES string of the molecule is Cc1nc(NC(=O)C2CC(=O)Nc3ccccc32)sc1-c1nccn1C(F)F. The number of rotatable bonds is 4. The highest BCUT2D eigenvalue weighted by Crippen LogP contribution is 2.36. The minimum Gasteiger partial charge on any atom is -0.326 e. The molecule has 0 spiro atoms. The van der Waals surface area contributed by atoms with Gasteiger partial charge >= 0.3 is 6.55 Å². The molecule has 0 bridgehead atoms. The van der Waals surface area contributed by atoms with Crippen molar-refractivity contribution < 1.29 is 18.4 Å². The first-order valence-electron chi connectivity index (χ1n) is 8.42. The maximum atomic E-state index is 13.1. The molecule has 0 saturated heterocycles. The lowest BCUT2D eigenvalue weighted by atomic mass is 9.90. The molecule has 1 unspecified atom stereocenters. The van der Waals surface area contributed by atoms with Crippen molar-refractivity contribution >= 4 is 34.0 Å². The molecule has 0 radical (unpaired) electrons. The Morgan fingerprint density at radius 2 is 2.18 bits per heavy atom. The summed E-state index contributed by atoms with van der Waals surface area (Å²) >= 11 is 1.06. The minimum atomic E-state index is -2.73. The van der Waals surface area contributed by atoms with Crippen molar-refractivity contribution in [2.75, 3.05) is 10.6 Å². The van der Waals surface area contributed by atoms with E-state index in [0.29, 0.717) is 16.3 Å². The third-order valence-electron chi connectivity index (χ3n) is 4.43. The molecule has 3 heterocycles. The second-order valence-electron chi connectivity index (χ2n) is 6.25. The maximum Gasteiger partial charge on any atom is 0.320 e. The molecule has 1 aromatic carbocycles. The van der Waals surface area contributed by atoms with Crippen LogP contribution in [0, 0.1) is 6.92 Å². The Morgan fingerprint density at radius 1 is 1.39 bits per heavy atom. The number of carbonyl (C=O) groups is 2. The summed E-state index contributed by atoms with van der Waals surface area (Å²) in [6.45, 7) is -1.07. The molecule has 1 aliphatic rings. The zero-order valence-corrected chi connectivity index (χ0v) is 15.5. The number of aryl methyl sites for hydroxylation is 1. The van der Waals surface area contributed by atoms with E-state index < -0.39 is 12.5 Å². The predicted octanol–water partition coefficient (Wildman–Crippen LogP) is 3.77.